The number of carbonyl (C=O) groups is 1. The lowest BCUT2D eigenvalue weighted by Crippen LogP contribution is -2.28. The highest BCUT2D eigenvalue weighted by Crippen LogP contribution is 2.20. The summed E-state index contributed by atoms with van der Waals surface area (Å²) in [6.45, 7) is 2.15. The molecule has 2 rings (SSSR count). The summed E-state index contributed by atoms with van der Waals surface area (Å²) >= 11 is 6.02. The highest BCUT2D eigenvalue weighted by atomic mass is 35.5. The van der Waals surface area contributed by atoms with Crippen molar-refractivity contribution in [3.05, 3.63) is 58.6 Å². The van der Waals surface area contributed by atoms with Gasteiger partial charge in [0.15, 0.2) is 0 Å². The number of anilines is 1. The zero-order chi connectivity index (χ0) is 18.6. The van der Waals surface area contributed by atoms with Crippen LogP contribution in [-0.2, 0) is 16.6 Å². The van der Waals surface area contributed by atoms with E-state index in [-0.39, 0.29) is 17.5 Å². The van der Waals surface area contributed by atoms with Crippen molar-refractivity contribution in [1.29, 1.82) is 0 Å². The average Bonchev–Trinajstić information content (AvgIpc) is 2.56. The highest BCUT2D eigenvalue weighted by Gasteiger charge is 2.16. The van der Waals surface area contributed by atoms with Crippen molar-refractivity contribution in [2.24, 2.45) is 0 Å². The quantitative estimate of drug-likeness (QED) is 0.834. The van der Waals surface area contributed by atoms with Crippen molar-refractivity contribution < 1.29 is 13.2 Å². The second-order valence-electron chi connectivity index (χ2n) is 5.70. The molecule has 2 aromatic carbocycles. The number of amides is 2. The summed E-state index contributed by atoms with van der Waals surface area (Å²) < 4.78 is 25.2. The molecule has 2 amide bonds. The SMILES string of the molecule is Cc1ccc(NC(=O)NCc2ccc(S(=O)(=O)N(C)C)cc2)cc1Cl. The van der Waals surface area contributed by atoms with Gasteiger partial charge in [-0.25, -0.2) is 17.5 Å². The average molecular weight is 382 g/mol. The predicted octanol–water partition coefficient (Wildman–Crippen LogP) is 3.22. The Kier molecular flexibility index (Phi) is 6.05. The fourth-order valence-electron chi connectivity index (χ4n) is 2.02. The summed E-state index contributed by atoms with van der Waals surface area (Å²) in [5.74, 6) is 0. The van der Waals surface area contributed by atoms with Crippen molar-refractivity contribution in [1.82, 2.24) is 9.62 Å². The number of nitrogens with zero attached hydrogens (tertiary/aromatic N) is 1. The molecular weight excluding hydrogens is 362 g/mol. The predicted molar refractivity (Wildman–Crippen MR) is 99.4 cm³/mol. The fourth-order valence-corrected chi connectivity index (χ4v) is 3.10. The molecule has 0 bridgehead atoms. The zero-order valence-corrected chi connectivity index (χ0v) is 15.8. The molecule has 0 aromatic heterocycles. The Bertz CT molecular complexity index is 865. The van der Waals surface area contributed by atoms with Crippen LogP contribution < -0.4 is 10.6 Å². The molecule has 8 heteroatoms. The van der Waals surface area contributed by atoms with Gasteiger partial charge >= 0.3 is 6.03 Å². The molecule has 0 radical (unpaired) electrons. The molecule has 0 saturated carbocycles. The Morgan fingerprint density at radius 3 is 2.32 bits per heavy atom. The molecule has 0 atom stereocenters. The van der Waals surface area contributed by atoms with Crippen LogP contribution in [0.5, 0.6) is 0 Å². The van der Waals surface area contributed by atoms with Gasteiger partial charge in [-0.05, 0) is 42.3 Å². The topological polar surface area (TPSA) is 78.5 Å². The summed E-state index contributed by atoms with van der Waals surface area (Å²) in [5, 5.41) is 5.98. The van der Waals surface area contributed by atoms with E-state index >= 15 is 0 Å². The number of rotatable bonds is 5. The van der Waals surface area contributed by atoms with Crippen LogP contribution in [0.3, 0.4) is 0 Å². The second-order valence-corrected chi connectivity index (χ2v) is 8.26. The van der Waals surface area contributed by atoms with E-state index in [1.807, 2.05) is 13.0 Å². The van der Waals surface area contributed by atoms with Gasteiger partial charge in [-0.1, -0.05) is 29.8 Å². The van der Waals surface area contributed by atoms with Gasteiger partial charge in [0.2, 0.25) is 10.0 Å². The number of aryl methyl sites for hydroxylation is 1. The van der Waals surface area contributed by atoms with E-state index in [0.29, 0.717) is 10.7 Å². The van der Waals surface area contributed by atoms with Crippen LogP contribution in [0.4, 0.5) is 10.5 Å². The Hall–Kier alpha value is -2.09. The maximum absolute atomic E-state index is 12.0. The summed E-state index contributed by atoms with van der Waals surface area (Å²) in [4.78, 5) is 12.1. The molecule has 2 N–H and O–H groups in total. The van der Waals surface area contributed by atoms with Crippen molar-refractivity contribution >= 4 is 33.3 Å². The number of sulfonamides is 1. The summed E-state index contributed by atoms with van der Waals surface area (Å²) in [7, 11) is -0.495. The standard InChI is InChI=1S/C17H20ClN3O3S/c1-12-4-7-14(10-16(12)18)20-17(22)19-11-13-5-8-15(9-6-13)25(23,24)21(2)3/h4-10H,11H2,1-3H3,(H2,19,20,22). The Morgan fingerprint density at radius 2 is 1.76 bits per heavy atom. The lowest BCUT2D eigenvalue weighted by molar-refractivity contribution is 0.251. The molecule has 0 fully saturated rings. The minimum atomic E-state index is -3.45. The van der Waals surface area contributed by atoms with Crippen LogP contribution in [0, 0.1) is 6.92 Å². The maximum atomic E-state index is 12.0. The van der Waals surface area contributed by atoms with Crippen LogP contribution in [-0.4, -0.2) is 32.8 Å². The van der Waals surface area contributed by atoms with Crippen molar-refractivity contribution in [2.75, 3.05) is 19.4 Å². The van der Waals surface area contributed by atoms with E-state index in [9.17, 15) is 13.2 Å². The van der Waals surface area contributed by atoms with Crippen LogP contribution >= 0.6 is 11.6 Å². The third-order valence-corrected chi connectivity index (χ3v) is 5.82. The molecule has 0 heterocycles. The molecule has 0 aliphatic heterocycles. The molecule has 0 saturated heterocycles. The largest absolute Gasteiger partial charge is 0.334 e. The normalized spacial score (nSPS) is 11.4. The van der Waals surface area contributed by atoms with Crippen molar-refractivity contribution in [3.8, 4) is 0 Å². The first kappa shape index (κ1) is 19.2. The van der Waals surface area contributed by atoms with Gasteiger partial charge in [0.1, 0.15) is 0 Å². The van der Waals surface area contributed by atoms with Gasteiger partial charge < -0.3 is 10.6 Å². The minimum Gasteiger partial charge on any atom is -0.334 e. The second kappa shape index (κ2) is 7.86. The number of hydrogen-bond acceptors (Lipinski definition) is 3. The Morgan fingerprint density at radius 1 is 1.12 bits per heavy atom. The molecule has 134 valence electrons. The molecule has 0 unspecified atom stereocenters. The number of hydrogen-bond donors (Lipinski definition) is 2. The van der Waals surface area contributed by atoms with E-state index in [2.05, 4.69) is 10.6 Å². The minimum absolute atomic E-state index is 0.208. The first-order valence-corrected chi connectivity index (χ1v) is 9.34. The molecule has 0 aliphatic rings. The van der Waals surface area contributed by atoms with Crippen LogP contribution in [0.25, 0.3) is 0 Å². The summed E-state index contributed by atoms with van der Waals surface area (Å²) in [6, 6.07) is 11.3. The molecular formula is C17H20ClN3O3S. The molecule has 0 aliphatic carbocycles. The van der Waals surface area contributed by atoms with Crippen molar-refractivity contribution in [3.63, 3.8) is 0 Å². The number of halogens is 1. The van der Waals surface area contributed by atoms with E-state index in [0.717, 1.165) is 15.4 Å². The number of nitrogens with one attached hydrogen (secondary N) is 2. The Labute approximate surface area is 152 Å². The molecule has 25 heavy (non-hydrogen) atoms. The van der Waals surface area contributed by atoms with Gasteiger partial charge in [-0.2, -0.15) is 0 Å². The molecule has 2 aromatic rings. The first-order valence-electron chi connectivity index (χ1n) is 7.52. The zero-order valence-electron chi connectivity index (χ0n) is 14.2. The first-order chi connectivity index (χ1) is 11.7. The highest BCUT2D eigenvalue weighted by molar-refractivity contribution is 7.89. The number of urea groups is 1. The van der Waals surface area contributed by atoms with Crippen LogP contribution in [0.15, 0.2) is 47.4 Å². The summed E-state index contributed by atoms with van der Waals surface area (Å²) in [5.41, 5.74) is 2.32. The van der Waals surface area contributed by atoms with Crippen molar-refractivity contribution in [2.45, 2.75) is 18.4 Å². The number of carbonyl (C=O) groups excluding carboxylic acids is 1. The van der Waals surface area contributed by atoms with Crippen LogP contribution in [0.1, 0.15) is 11.1 Å². The lowest BCUT2D eigenvalue weighted by atomic mass is 10.2. The number of benzene rings is 2. The smallest absolute Gasteiger partial charge is 0.319 e. The van der Waals surface area contributed by atoms with Gasteiger partial charge in [0, 0.05) is 31.4 Å². The molecule has 0 spiro atoms. The Balaban J connectivity index is 1.94. The van der Waals surface area contributed by atoms with E-state index in [1.54, 1.807) is 24.3 Å². The van der Waals surface area contributed by atoms with Gasteiger partial charge in [0.05, 0.1) is 4.90 Å². The lowest BCUT2D eigenvalue weighted by Gasteiger charge is -2.12. The van der Waals surface area contributed by atoms with E-state index in [4.69, 9.17) is 11.6 Å². The van der Waals surface area contributed by atoms with Gasteiger partial charge in [0.25, 0.3) is 0 Å². The monoisotopic (exact) mass is 381 g/mol. The summed E-state index contributed by atoms with van der Waals surface area (Å²) in [6.07, 6.45) is 0. The van der Waals surface area contributed by atoms with E-state index < -0.39 is 10.0 Å². The fraction of sp³-hybridized carbons (Fsp3) is 0.235. The van der Waals surface area contributed by atoms with Gasteiger partial charge in [-0.15, -0.1) is 0 Å². The van der Waals surface area contributed by atoms with Gasteiger partial charge in [-0.3, -0.25) is 0 Å². The van der Waals surface area contributed by atoms with Crippen LogP contribution in [0.2, 0.25) is 5.02 Å². The third-order valence-electron chi connectivity index (χ3n) is 3.58. The van der Waals surface area contributed by atoms with E-state index in [1.165, 1.54) is 26.2 Å². The third kappa shape index (κ3) is 4.94. The molecule has 6 nitrogen and oxygen atoms in total. The maximum Gasteiger partial charge on any atom is 0.319 e.